The molecule has 2 saturated heterocycles. The molecular formula is C26H28O5S. The molecule has 0 radical (unpaired) electrons. The Kier molecular flexibility index (Phi) is 6.78. The molecule has 168 valence electrons. The molecule has 0 aliphatic carbocycles. The van der Waals surface area contributed by atoms with Gasteiger partial charge in [-0.3, -0.25) is 0 Å². The third-order valence-electron chi connectivity index (χ3n) is 5.97. The van der Waals surface area contributed by atoms with Crippen molar-refractivity contribution >= 4 is 22.5 Å². The molecular weight excluding hydrogens is 424 g/mol. The van der Waals surface area contributed by atoms with E-state index in [4.69, 9.17) is 18.9 Å². The molecule has 0 amide bonds. The van der Waals surface area contributed by atoms with E-state index in [2.05, 4.69) is 37.3 Å². The minimum Gasteiger partial charge on any atom is -0.387 e. The first kappa shape index (κ1) is 21.9. The Balaban J connectivity index is 1.35. The van der Waals surface area contributed by atoms with Crippen molar-refractivity contribution in [1.82, 2.24) is 0 Å². The van der Waals surface area contributed by atoms with Crippen molar-refractivity contribution in [2.45, 2.75) is 49.7 Å². The maximum absolute atomic E-state index is 11.1. The Morgan fingerprint density at radius 1 is 0.969 bits per heavy atom. The van der Waals surface area contributed by atoms with Crippen LogP contribution in [-0.4, -0.2) is 47.3 Å². The van der Waals surface area contributed by atoms with E-state index in [0.29, 0.717) is 13.2 Å². The molecule has 2 aliphatic heterocycles. The number of aliphatic hydroxyl groups excluding tert-OH is 1. The summed E-state index contributed by atoms with van der Waals surface area (Å²) in [6, 6.07) is 24.4. The zero-order valence-electron chi connectivity index (χ0n) is 18.0. The highest BCUT2D eigenvalue weighted by molar-refractivity contribution is 7.99. The van der Waals surface area contributed by atoms with Crippen LogP contribution in [0.4, 0.5) is 0 Å². The van der Waals surface area contributed by atoms with Crippen LogP contribution < -0.4 is 0 Å². The fraction of sp³-hybridized carbons (Fsp3) is 0.385. The molecule has 3 aromatic rings. The van der Waals surface area contributed by atoms with Gasteiger partial charge in [-0.25, -0.2) is 0 Å². The quantitative estimate of drug-likeness (QED) is 0.586. The van der Waals surface area contributed by atoms with Crippen molar-refractivity contribution in [2.24, 2.45) is 0 Å². The Bertz CT molecular complexity index is 1030. The third kappa shape index (κ3) is 4.57. The molecule has 0 aromatic heterocycles. The van der Waals surface area contributed by atoms with E-state index in [1.807, 2.05) is 42.5 Å². The summed E-state index contributed by atoms with van der Waals surface area (Å²) in [4.78, 5) is 0. The predicted octanol–water partition coefficient (Wildman–Crippen LogP) is 4.68. The number of hydrogen-bond donors (Lipinski definition) is 1. The second kappa shape index (κ2) is 9.91. The van der Waals surface area contributed by atoms with Gasteiger partial charge in [0.05, 0.1) is 13.2 Å². The lowest BCUT2D eigenvalue weighted by atomic mass is 9.98. The van der Waals surface area contributed by atoms with Gasteiger partial charge in [-0.2, -0.15) is 0 Å². The summed E-state index contributed by atoms with van der Waals surface area (Å²) in [5.41, 5.74) is 1.63. The number of rotatable bonds is 6. The van der Waals surface area contributed by atoms with E-state index in [-0.39, 0.29) is 11.5 Å². The summed E-state index contributed by atoms with van der Waals surface area (Å²) in [5, 5.41) is 13.5. The van der Waals surface area contributed by atoms with Crippen LogP contribution in [0.3, 0.4) is 0 Å². The van der Waals surface area contributed by atoms with Gasteiger partial charge in [-0.15, -0.1) is 11.8 Å². The van der Waals surface area contributed by atoms with Crippen molar-refractivity contribution < 1.29 is 24.1 Å². The molecule has 5 rings (SSSR count). The highest BCUT2D eigenvalue weighted by Gasteiger charge is 2.50. The van der Waals surface area contributed by atoms with Crippen molar-refractivity contribution in [3.63, 3.8) is 0 Å². The standard InChI is InChI=1S/C26H28O5S/c1-2-32-26-22(27)24(28-15-17-12-13-18-8-6-7-11-20(18)14-17)23-21(30-26)16-29-25(31-23)19-9-4-3-5-10-19/h3-14,21-27H,2,15-16H2,1H3/t21-,22-,23-,24-,25-,26+/m1/s1. The number of fused-ring (bicyclic) bond motifs is 2. The number of thioether (sulfide) groups is 1. The summed E-state index contributed by atoms with van der Waals surface area (Å²) < 4.78 is 24.8. The molecule has 3 aromatic carbocycles. The summed E-state index contributed by atoms with van der Waals surface area (Å²) >= 11 is 1.58. The molecule has 0 spiro atoms. The van der Waals surface area contributed by atoms with Gasteiger partial charge in [-0.1, -0.05) is 73.7 Å². The normalized spacial score (nSPS) is 30.2. The fourth-order valence-corrected chi connectivity index (χ4v) is 5.26. The van der Waals surface area contributed by atoms with Crippen molar-refractivity contribution in [2.75, 3.05) is 12.4 Å². The smallest absolute Gasteiger partial charge is 0.184 e. The van der Waals surface area contributed by atoms with Gasteiger partial charge < -0.3 is 24.1 Å². The first-order chi connectivity index (χ1) is 15.7. The van der Waals surface area contributed by atoms with Crippen LogP contribution in [0.2, 0.25) is 0 Å². The molecule has 0 saturated carbocycles. The number of aliphatic hydroxyl groups is 1. The van der Waals surface area contributed by atoms with E-state index >= 15 is 0 Å². The Morgan fingerprint density at radius 3 is 2.56 bits per heavy atom. The molecule has 2 fully saturated rings. The van der Waals surface area contributed by atoms with Gasteiger partial charge in [0.25, 0.3) is 0 Å². The van der Waals surface area contributed by atoms with Crippen LogP contribution in [0.1, 0.15) is 24.3 Å². The van der Waals surface area contributed by atoms with Gasteiger partial charge in [0.2, 0.25) is 0 Å². The average molecular weight is 453 g/mol. The Hall–Kier alpha value is -1.93. The largest absolute Gasteiger partial charge is 0.387 e. The van der Waals surface area contributed by atoms with Crippen LogP contribution in [0.5, 0.6) is 0 Å². The molecule has 32 heavy (non-hydrogen) atoms. The molecule has 2 heterocycles. The molecule has 0 unspecified atom stereocenters. The molecule has 5 nitrogen and oxygen atoms in total. The molecule has 1 N–H and O–H groups in total. The first-order valence-electron chi connectivity index (χ1n) is 11.1. The summed E-state index contributed by atoms with van der Waals surface area (Å²) in [7, 11) is 0. The summed E-state index contributed by atoms with van der Waals surface area (Å²) in [5.74, 6) is 0.838. The zero-order chi connectivity index (χ0) is 21.9. The predicted molar refractivity (Wildman–Crippen MR) is 125 cm³/mol. The van der Waals surface area contributed by atoms with E-state index in [1.54, 1.807) is 11.8 Å². The minimum absolute atomic E-state index is 0.288. The summed E-state index contributed by atoms with van der Waals surface area (Å²) in [6.45, 7) is 2.84. The monoisotopic (exact) mass is 452 g/mol. The lowest BCUT2D eigenvalue weighted by molar-refractivity contribution is -0.325. The Labute approximate surface area is 192 Å². The highest BCUT2D eigenvalue weighted by Crippen LogP contribution is 2.38. The van der Waals surface area contributed by atoms with Crippen LogP contribution in [0.25, 0.3) is 10.8 Å². The average Bonchev–Trinajstić information content (AvgIpc) is 2.84. The third-order valence-corrected chi connectivity index (χ3v) is 7.02. The zero-order valence-corrected chi connectivity index (χ0v) is 18.8. The molecule has 6 atom stereocenters. The maximum Gasteiger partial charge on any atom is 0.184 e. The molecule has 6 heteroatoms. The van der Waals surface area contributed by atoms with Crippen molar-refractivity contribution in [3.8, 4) is 0 Å². The van der Waals surface area contributed by atoms with Gasteiger partial charge in [0.15, 0.2) is 6.29 Å². The number of hydrogen-bond acceptors (Lipinski definition) is 6. The van der Waals surface area contributed by atoms with E-state index in [1.165, 1.54) is 10.8 Å². The fourth-order valence-electron chi connectivity index (χ4n) is 4.36. The van der Waals surface area contributed by atoms with E-state index < -0.39 is 24.6 Å². The highest BCUT2D eigenvalue weighted by atomic mass is 32.2. The lowest BCUT2D eigenvalue weighted by Gasteiger charge is -2.47. The lowest BCUT2D eigenvalue weighted by Crippen LogP contribution is -2.61. The second-order valence-electron chi connectivity index (χ2n) is 8.12. The minimum atomic E-state index is -0.795. The van der Waals surface area contributed by atoms with Gasteiger partial charge >= 0.3 is 0 Å². The van der Waals surface area contributed by atoms with Crippen LogP contribution in [-0.2, 0) is 25.6 Å². The summed E-state index contributed by atoms with van der Waals surface area (Å²) in [6.07, 6.45) is -2.52. The maximum atomic E-state index is 11.1. The number of ether oxygens (including phenoxy) is 4. The van der Waals surface area contributed by atoms with Gasteiger partial charge in [-0.05, 0) is 28.2 Å². The van der Waals surface area contributed by atoms with E-state index in [9.17, 15) is 5.11 Å². The second-order valence-corrected chi connectivity index (χ2v) is 9.50. The van der Waals surface area contributed by atoms with Gasteiger partial charge in [0.1, 0.15) is 29.9 Å². The topological polar surface area (TPSA) is 57.2 Å². The van der Waals surface area contributed by atoms with Crippen molar-refractivity contribution in [1.29, 1.82) is 0 Å². The van der Waals surface area contributed by atoms with Crippen LogP contribution in [0.15, 0.2) is 72.8 Å². The first-order valence-corrected chi connectivity index (χ1v) is 12.1. The SMILES string of the molecule is CCS[C@@H]1O[C@@H]2CO[C@@H](c3ccccc3)O[C@H]2[C@H](OCc2ccc3ccccc3c2)[C@H]1O. The van der Waals surface area contributed by atoms with Gasteiger partial charge in [0, 0.05) is 5.56 Å². The van der Waals surface area contributed by atoms with Crippen LogP contribution >= 0.6 is 11.8 Å². The number of benzene rings is 3. The van der Waals surface area contributed by atoms with E-state index in [0.717, 1.165) is 16.9 Å². The Morgan fingerprint density at radius 2 is 1.75 bits per heavy atom. The van der Waals surface area contributed by atoms with Crippen LogP contribution in [0, 0.1) is 0 Å². The molecule has 0 bridgehead atoms. The van der Waals surface area contributed by atoms with Crippen molar-refractivity contribution in [3.05, 3.63) is 83.9 Å². The molecule has 2 aliphatic rings.